The highest BCUT2D eigenvalue weighted by atomic mass is 32.2. The number of Topliss-reactive ketones (excluding diaryl/α,β-unsaturated/α-hetero) is 1. The van der Waals surface area contributed by atoms with Crippen LogP contribution in [-0.4, -0.2) is 59.3 Å². The summed E-state index contributed by atoms with van der Waals surface area (Å²) < 4.78 is 4.95. The van der Waals surface area contributed by atoms with Crippen molar-refractivity contribution in [2.24, 2.45) is 17.0 Å². The lowest BCUT2D eigenvalue weighted by molar-refractivity contribution is -0.147. The van der Waals surface area contributed by atoms with Gasteiger partial charge in [0, 0.05) is 17.9 Å². The number of aliphatic hydroxyl groups excluding tert-OH is 1. The number of carbonyl (C=O) groups is 2. The summed E-state index contributed by atoms with van der Waals surface area (Å²) in [6, 6.07) is 0. The van der Waals surface area contributed by atoms with Crippen LogP contribution in [-0.2, 0) is 19.2 Å². The van der Waals surface area contributed by atoms with Crippen molar-refractivity contribution in [3.63, 3.8) is 0 Å². The topological polar surface area (TPSA) is 85.2 Å². The Balaban J connectivity index is 2.95. The lowest BCUT2D eigenvalue weighted by atomic mass is 9.75. The summed E-state index contributed by atoms with van der Waals surface area (Å²) in [5.74, 6) is 2.27. The van der Waals surface area contributed by atoms with Gasteiger partial charge in [0.25, 0.3) is 0 Å². The summed E-state index contributed by atoms with van der Waals surface area (Å²) in [7, 11) is 1.30. The number of oxime groups is 1. The van der Waals surface area contributed by atoms with Crippen molar-refractivity contribution in [1.29, 1.82) is 0 Å². The van der Waals surface area contributed by atoms with Crippen LogP contribution in [0.2, 0.25) is 0 Å². The highest BCUT2D eigenvalue weighted by molar-refractivity contribution is 8.02. The molecule has 170 valence electrons. The molecule has 0 saturated carbocycles. The highest BCUT2D eigenvalue weighted by Crippen LogP contribution is 2.37. The molecule has 1 N–H and O–H groups in total. The highest BCUT2D eigenvalue weighted by Gasteiger charge is 2.42. The van der Waals surface area contributed by atoms with Crippen LogP contribution < -0.4 is 0 Å². The van der Waals surface area contributed by atoms with Gasteiger partial charge in [-0.2, -0.15) is 23.5 Å². The number of esters is 1. The Labute approximate surface area is 188 Å². The number of ketones is 1. The normalized spacial score (nSPS) is 19.7. The molecule has 1 rings (SSSR count). The minimum Gasteiger partial charge on any atom is -0.511 e. The summed E-state index contributed by atoms with van der Waals surface area (Å²) in [6.07, 6.45) is 4.50. The first-order chi connectivity index (χ1) is 14.5. The summed E-state index contributed by atoms with van der Waals surface area (Å²) in [5.41, 5.74) is 0.483. The van der Waals surface area contributed by atoms with E-state index in [2.05, 4.69) is 18.7 Å². The van der Waals surface area contributed by atoms with Crippen LogP contribution in [0.4, 0.5) is 0 Å². The second-order valence-corrected chi connectivity index (χ2v) is 9.59. The predicted molar refractivity (Wildman–Crippen MR) is 126 cm³/mol. The van der Waals surface area contributed by atoms with E-state index >= 15 is 0 Å². The molecule has 0 fully saturated rings. The quantitative estimate of drug-likeness (QED) is 0.124. The molecule has 0 aromatic carbocycles. The summed E-state index contributed by atoms with van der Waals surface area (Å²) in [5, 5.41) is 15.0. The van der Waals surface area contributed by atoms with E-state index in [-0.39, 0.29) is 36.1 Å². The van der Waals surface area contributed by atoms with Gasteiger partial charge in [0.05, 0.1) is 18.4 Å². The van der Waals surface area contributed by atoms with Crippen molar-refractivity contribution >= 4 is 41.0 Å². The molecule has 2 atom stereocenters. The fraction of sp³-hybridized carbons (Fsp3) is 0.682. The third-order valence-corrected chi connectivity index (χ3v) is 7.02. The van der Waals surface area contributed by atoms with E-state index in [9.17, 15) is 14.7 Å². The van der Waals surface area contributed by atoms with E-state index < -0.39 is 11.9 Å². The van der Waals surface area contributed by atoms with E-state index in [0.717, 1.165) is 35.9 Å². The van der Waals surface area contributed by atoms with Crippen molar-refractivity contribution in [2.75, 3.05) is 36.7 Å². The molecule has 1 aliphatic carbocycles. The monoisotopic (exact) mass is 457 g/mol. The number of hydrogen-bond donors (Lipinski definition) is 1. The summed E-state index contributed by atoms with van der Waals surface area (Å²) in [6.45, 7) is 7.87. The third-order valence-electron chi connectivity index (χ3n) is 4.79. The van der Waals surface area contributed by atoms with E-state index in [0.29, 0.717) is 18.6 Å². The fourth-order valence-electron chi connectivity index (χ4n) is 3.42. The molecule has 2 unspecified atom stereocenters. The Morgan fingerprint density at radius 3 is 2.67 bits per heavy atom. The second kappa shape index (κ2) is 15.4. The van der Waals surface area contributed by atoms with Gasteiger partial charge in [-0.05, 0) is 36.7 Å². The zero-order chi connectivity index (χ0) is 22.4. The number of aliphatic hydroxyl groups is 1. The van der Waals surface area contributed by atoms with Crippen molar-refractivity contribution < 1.29 is 24.3 Å². The van der Waals surface area contributed by atoms with Gasteiger partial charge in [-0.1, -0.05) is 38.1 Å². The van der Waals surface area contributed by atoms with Gasteiger partial charge in [0.15, 0.2) is 5.78 Å². The largest absolute Gasteiger partial charge is 0.511 e. The molecule has 0 spiro atoms. The molecule has 30 heavy (non-hydrogen) atoms. The van der Waals surface area contributed by atoms with Gasteiger partial charge < -0.3 is 14.7 Å². The lowest BCUT2D eigenvalue weighted by Gasteiger charge is -2.30. The molecule has 0 aliphatic heterocycles. The van der Waals surface area contributed by atoms with Gasteiger partial charge in [-0.3, -0.25) is 9.59 Å². The molecule has 6 nitrogen and oxygen atoms in total. The van der Waals surface area contributed by atoms with E-state index in [1.165, 1.54) is 7.11 Å². The van der Waals surface area contributed by atoms with Gasteiger partial charge in [0.2, 0.25) is 0 Å². The van der Waals surface area contributed by atoms with Crippen LogP contribution in [0.15, 0.2) is 29.1 Å². The number of nitrogens with zero attached hydrogens (tertiary/aromatic N) is 1. The SMILES string of the molecule is C=CCON=C(CCC)C1=C(O)C(C(=O)OC)C(CCCSCCSCC)CC1=O. The lowest BCUT2D eigenvalue weighted by Crippen LogP contribution is -2.36. The Morgan fingerprint density at radius 2 is 2.03 bits per heavy atom. The molecule has 0 heterocycles. The van der Waals surface area contributed by atoms with Gasteiger partial charge in [-0.25, -0.2) is 0 Å². The Hall–Kier alpha value is -1.41. The molecule has 0 radical (unpaired) electrons. The Bertz CT molecular complexity index is 633. The molecule has 0 saturated heterocycles. The maximum atomic E-state index is 12.9. The van der Waals surface area contributed by atoms with E-state index in [4.69, 9.17) is 9.57 Å². The molecule has 8 heteroatoms. The molecule has 0 bridgehead atoms. The maximum absolute atomic E-state index is 12.9. The van der Waals surface area contributed by atoms with Crippen LogP contribution in [0.1, 0.15) is 46.0 Å². The van der Waals surface area contributed by atoms with Crippen LogP contribution in [0, 0.1) is 11.8 Å². The van der Waals surface area contributed by atoms with Gasteiger partial charge in [0.1, 0.15) is 18.3 Å². The molecular weight excluding hydrogens is 422 g/mol. The maximum Gasteiger partial charge on any atom is 0.316 e. The number of ether oxygens (including phenoxy) is 1. The first-order valence-corrected chi connectivity index (χ1v) is 12.8. The summed E-state index contributed by atoms with van der Waals surface area (Å²) in [4.78, 5) is 30.5. The van der Waals surface area contributed by atoms with Crippen LogP contribution >= 0.6 is 23.5 Å². The van der Waals surface area contributed by atoms with E-state index in [1.807, 2.05) is 30.4 Å². The zero-order valence-electron chi connectivity index (χ0n) is 18.4. The van der Waals surface area contributed by atoms with Gasteiger partial charge >= 0.3 is 5.97 Å². The fourth-order valence-corrected chi connectivity index (χ4v) is 5.23. The number of rotatable bonds is 15. The number of carbonyl (C=O) groups excluding carboxylic acids is 2. The Kier molecular flexibility index (Phi) is 13.7. The summed E-state index contributed by atoms with van der Waals surface area (Å²) >= 11 is 3.80. The minimum atomic E-state index is -0.843. The van der Waals surface area contributed by atoms with Gasteiger partial charge in [-0.15, -0.1) is 0 Å². The van der Waals surface area contributed by atoms with Crippen molar-refractivity contribution in [3.05, 3.63) is 24.0 Å². The van der Waals surface area contributed by atoms with Crippen molar-refractivity contribution in [2.45, 2.75) is 46.0 Å². The van der Waals surface area contributed by atoms with Crippen LogP contribution in [0.25, 0.3) is 0 Å². The average molecular weight is 458 g/mol. The minimum absolute atomic E-state index is 0.110. The van der Waals surface area contributed by atoms with Crippen molar-refractivity contribution in [1.82, 2.24) is 0 Å². The number of hydrogen-bond acceptors (Lipinski definition) is 8. The Morgan fingerprint density at radius 1 is 1.30 bits per heavy atom. The predicted octanol–water partition coefficient (Wildman–Crippen LogP) is 4.80. The number of thioether (sulfide) groups is 2. The molecule has 0 aromatic heterocycles. The van der Waals surface area contributed by atoms with Crippen LogP contribution in [0.3, 0.4) is 0 Å². The van der Waals surface area contributed by atoms with Crippen LogP contribution in [0.5, 0.6) is 0 Å². The first-order valence-electron chi connectivity index (χ1n) is 10.5. The van der Waals surface area contributed by atoms with E-state index in [1.54, 1.807) is 6.08 Å². The molecular formula is C22H35NO5S2. The third kappa shape index (κ3) is 8.38. The average Bonchev–Trinajstić information content (AvgIpc) is 2.72. The number of methoxy groups -OCH3 is 1. The number of allylic oxidation sites excluding steroid dienone is 1. The van der Waals surface area contributed by atoms with Crippen molar-refractivity contribution in [3.8, 4) is 0 Å². The first kappa shape index (κ1) is 26.6. The molecule has 0 aromatic rings. The zero-order valence-corrected chi connectivity index (χ0v) is 20.0. The molecule has 0 amide bonds. The molecule has 1 aliphatic rings. The standard InChI is InChI=1S/C22H35NO5S2/c1-5-9-17(23-28-11-6-2)20-18(24)15-16(19(21(20)25)22(26)27-4)10-8-12-30-14-13-29-7-3/h6,16,19,25H,2,5,7-15H2,1,3-4H3. The smallest absolute Gasteiger partial charge is 0.316 e. The second-order valence-electron chi connectivity index (χ2n) is 6.97.